The number of nitrogens with one attached hydrogen (secondary N) is 2. The Bertz CT molecular complexity index is 945. The normalized spacial score (nSPS) is 15.6. The lowest BCUT2D eigenvalue weighted by atomic mass is 10.1. The molecule has 1 aliphatic heterocycles. The average Bonchev–Trinajstić information content (AvgIpc) is 3.13. The summed E-state index contributed by atoms with van der Waals surface area (Å²) in [6.07, 6.45) is 0.666. The number of para-hydroxylation sites is 1. The molecule has 0 saturated carbocycles. The van der Waals surface area contributed by atoms with E-state index in [2.05, 4.69) is 10.7 Å². The van der Waals surface area contributed by atoms with E-state index in [1.807, 2.05) is 25.1 Å². The van der Waals surface area contributed by atoms with Gasteiger partial charge in [-0.15, -0.1) is 0 Å². The molecule has 2 N–H and O–H groups in total. The van der Waals surface area contributed by atoms with Gasteiger partial charge < -0.3 is 10.1 Å². The van der Waals surface area contributed by atoms with Crippen molar-refractivity contribution < 1.29 is 23.9 Å². The Hall–Kier alpha value is -3.68. The van der Waals surface area contributed by atoms with Gasteiger partial charge in [-0.05, 0) is 30.2 Å². The first-order valence-corrected chi connectivity index (χ1v) is 9.68. The van der Waals surface area contributed by atoms with Gasteiger partial charge in [0.05, 0.1) is 12.5 Å². The van der Waals surface area contributed by atoms with E-state index in [1.54, 1.807) is 36.4 Å². The van der Waals surface area contributed by atoms with Gasteiger partial charge in [-0.1, -0.05) is 43.3 Å². The molecule has 0 bridgehead atoms. The van der Waals surface area contributed by atoms with Gasteiger partial charge in [-0.2, -0.15) is 0 Å². The summed E-state index contributed by atoms with van der Waals surface area (Å²) in [4.78, 5) is 48.7. The third-order valence-corrected chi connectivity index (χ3v) is 4.75. The number of carbonyl (C=O) groups is 4. The predicted octanol–water partition coefficient (Wildman–Crippen LogP) is 1.92. The second-order valence-electron chi connectivity index (χ2n) is 6.88. The number of nitrogens with zero attached hydrogens (tertiary/aromatic N) is 1. The number of hydrazine groups is 1. The molecule has 156 valence electrons. The SMILES string of the molecule is CCc1ccccc1NC(=O)COC(=O)[C@@H]1CC(=O)N(NC(=O)c2ccccc2)C1. The highest BCUT2D eigenvalue weighted by Gasteiger charge is 2.36. The van der Waals surface area contributed by atoms with Crippen molar-refractivity contribution in [3.8, 4) is 0 Å². The van der Waals surface area contributed by atoms with E-state index in [0.29, 0.717) is 11.3 Å². The van der Waals surface area contributed by atoms with Crippen LogP contribution in [0.4, 0.5) is 5.69 Å². The first-order chi connectivity index (χ1) is 14.5. The molecule has 3 amide bonds. The fourth-order valence-corrected chi connectivity index (χ4v) is 3.14. The van der Waals surface area contributed by atoms with Gasteiger partial charge in [0.1, 0.15) is 0 Å². The van der Waals surface area contributed by atoms with Crippen LogP contribution >= 0.6 is 0 Å². The lowest BCUT2D eigenvalue weighted by Crippen LogP contribution is -2.43. The van der Waals surface area contributed by atoms with Gasteiger partial charge in [-0.25, -0.2) is 0 Å². The fraction of sp³-hybridized carbons (Fsp3) is 0.273. The molecule has 3 rings (SSSR count). The lowest BCUT2D eigenvalue weighted by Gasteiger charge is -2.17. The monoisotopic (exact) mass is 409 g/mol. The number of carbonyl (C=O) groups excluding carboxylic acids is 4. The third kappa shape index (κ3) is 5.22. The predicted molar refractivity (Wildman–Crippen MR) is 109 cm³/mol. The Balaban J connectivity index is 1.48. The Kier molecular flexibility index (Phi) is 6.79. The first-order valence-electron chi connectivity index (χ1n) is 9.68. The van der Waals surface area contributed by atoms with E-state index < -0.39 is 30.3 Å². The number of benzene rings is 2. The van der Waals surface area contributed by atoms with Gasteiger partial charge >= 0.3 is 5.97 Å². The van der Waals surface area contributed by atoms with Crippen molar-refractivity contribution in [2.24, 2.45) is 5.92 Å². The molecular weight excluding hydrogens is 386 g/mol. The van der Waals surface area contributed by atoms with Crippen LogP contribution in [0.2, 0.25) is 0 Å². The van der Waals surface area contributed by atoms with E-state index in [9.17, 15) is 19.2 Å². The molecular formula is C22H23N3O5. The average molecular weight is 409 g/mol. The molecule has 2 aromatic rings. The van der Waals surface area contributed by atoms with Crippen LogP contribution in [-0.2, 0) is 25.5 Å². The van der Waals surface area contributed by atoms with Gasteiger partial charge in [0.25, 0.3) is 11.8 Å². The molecule has 2 aromatic carbocycles. The van der Waals surface area contributed by atoms with Crippen molar-refractivity contribution in [1.29, 1.82) is 0 Å². The van der Waals surface area contributed by atoms with E-state index in [0.717, 1.165) is 17.0 Å². The molecule has 0 aromatic heterocycles. The highest BCUT2D eigenvalue weighted by Crippen LogP contribution is 2.18. The molecule has 1 heterocycles. The van der Waals surface area contributed by atoms with Crippen molar-refractivity contribution in [3.63, 3.8) is 0 Å². The molecule has 8 heteroatoms. The lowest BCUT2D eigenvalue weighted by molar-refractivity contribution is -0.151. The number of ether oxygens (including phenoxy) is 1. The van der Waals surface area contributed by atoms with Crippen LogP contribution in [-0.4, -0.2) is 41.9 Å². The van der Waals surface area contributed by atoms with E-state index in [-0.39, 0.29) is 18.9 Å². The van der Waals surface area contributed by atoms with E-state index in [4.69, 9.17) is 4.74 Å². The fourth-order valence-electron chi connectivity index (χ4n) is 3.14. The molecule has 1 aliphatic rings. The molecule has 1 fully saturated rings. The minimum Gasteiger partial charge on any atom is -0.455 e. The van der Waals surface area contributed by atoms with Crippen LogP contribution in [0.25, 0.3) is 0 Å². The molecule has 1 atom stereocenters. The number of rotatable bonds is 7. The number of amides is 3. The number of anilines is 1. The summed E-state index contributed by atoms with van der Waals surface area (Å²) in [6.45, 7) is 1.53. The molecule has 30 heavy (non-hydrogen) atoms. The van der Waals surface area contributed by atoms with Crippen molar-refractivity contribution in [1.82, 2.24) is 10.4 Å². The quantitative estimate of drug-likeness (QED) is 0.680. The van der Waals surface area contributed by atoms with Crippen LogP contribution < -0.4 is 10.7 Å². The summed E-state index contributed by atoms with van der Waals surface area (Å²) >= 11 is 0. The Morgan fingerprint density at radius 2 is 1.77 bits per heavy atom. The zero-order chi connectivity index (χ0) is 21.5. The Morgan fingerprint density at radius 1 is 1.07 bits per heavy atom. The van der Waals surface area contributed by atoms with E-state index in [1.165, 1.54) is 0 Å². The van der Waals surface area contributed by atoms with Gasteiger partial charge in [-0.3, -0.25) is 29.6 Å². The first kappa shape index (κ1) is 21.0. The molecule has 0 radical (unpaired) electrons. The van der Waals surface area contributed by atoms with Gasteiger partial charge in [0, 0.05) is 17.7 Å². The zero-order valence-corrected chi connectivity index (χ0v) is 16.6. The van der Waals surface area contributed by atoms with Crippen LogP contribution in [0, 0.1) is 5.92 Å². The highest BCUT2D eigenvalue weighted by atomic mass is 16.5. The minimum absolute atomic E-state index is 0.00345. The summed E-state index contributed by atoms with van der Waals surface area (Å²) in [6, 6.07) is 15.8. The van der Waals surface area contributed by atoms with Gasteiger partial charge in [0.2, 0.25) is 5.91 Å². The number of hydrogen-bond donors (Lipinski definition) is 2. The second kappa shape index (κ2) is 9.69. The molecule has 0 unspecified atom stereocenters. The zero-order valence-electron chi connectivity index (χ0n) is 16.6. The van der Waals surface area contributed by atoms with Crippen LogP contribution in [0.1, 0.15) is 29.3 Å². The third-order valence-electron chi connectivity index (χ3n) is 4.75. The van der Waals surface area contributed by atoms with Crippen molar-refractivity contribution in [2.45, 2.75) is 19.8 Å². The summed E-state index contributed by atoms with van der Waals surface area (Å²) < 4.78 is 5.08. The van der Waals surface area contributed by atoms with Crippen molar-refractivity contribution in [2.75, 3.05) is 18.5 Å². The van der Waals surface area contributed by atoms with Crippen LogP contribution in [0.15, 0.2) is 54.6 Å². The smallest absolute Gasteiger partial charge is 0.311 e. The van der Waals surface area contributed by atoms with Crippen molar-refractivity contribution >= 4 is 29.4 Å². The number of esters is 1. The minimum atomic E-state index is -0.746. The van der Waals surface area contributed by atoms with E-state index >= 15 is 0 Å². The Morgan fingerprint density at radius 3 is 2.50 bits per heavy atom. The standard InChI is InChI=1S/C22H23N3O5/c1-2-15-8-6-7-11-18(15)23-19(26)14-30-22(29)17-12-20(27)25(13-17)24-21(28)16-9-4-3-5-10-16/h3-11,17H,2,12-14H2,1H3,(H,23,26)(H,24,28)/t17-/m1/s1. The Labute approximate surface area is 174 Å². The highest BCUT2D eigenvalue weighted by molar-refractivity contribution is 5.97. The largest absolute Gasteiger partial charge is 0.455 e. The van der Waals surface area contributed by atoms with Crippen molar-refractivity contribution in [3.05, 3.63) is 65.7 Å². The molecule has 8 nitrogen and oxygen atoms in total. The topological polar surface area (TPSA) is 105 Å². The van der Waals surface area contributed by atoms with Crippen LogP contribution in [0.5, 0.6) is 0 Å². The second-order valence-corrected chi connectivity index (χ2v) is 6.88. The maximum Gasteiger partial charge on any atom is 0.311 e. The van der Waals surface area contributed by atoms with Crippen LogP contribution in [0.3, 0.4) is 0 Å². The maximum absolute atomic E-state index is 12.3. The summed E-state index contributed by atoms with van der Waals surface area (Å²) in [7, 11) is 0. The molecule has 1 saturated heterocycles. The summed E-state index contributed by atoms with van der Waals surface area (Å²) in [5.74, 6) is -2.68. The summed E-state index contributed by atoms with van der Waals surface area (Å²) in [5, 5.41) is 3.83. The molecule has 0 aliphatic carbocycles. The van der Waals surface area contributed by atoms with Gasteiger partial charge in [0.15, 0.2) is 6.61 Å². The number of hydrogen-bond acceptors (Lipinski definition) is 5. The molecule has 0 spiro atoms. The number of aryl methyl sites for hydroxylation is 1. The maximum atomic E-state index is 12.3. The summed E-state index contributed by atoms with van der Waals surface area (Å²) in [5.41, 5.74) is 4.55.